The Bertz CT molecular complexity index is 818. The van der Waals surface area contributed by atoms with Crippen molar-refractivity contribution in [3.8, 4) is 5.88 Å². The number of hydrogen-bond donors (Lipinski definition) is 1. The number of rotatable bonds is 5. The molecule has 0 aromatic carbocycles. The van der Waals surface area contributed by atoms with Crippen LogP contribution in [0.1, 0.15) is 38.5 Å². The first kappa shape index (κ1) is 24.2. The molecule has 2 atom stereocenters. The average Bonchev–Trinajstić information content (AvgIpc) is 3.56. The molecular weight excluding hydrogens is 436 g/mol. The Morgan fingerprint density at radius 3 is 2.66 bits per heavy atom. The Kier molecular flexibility index (Phi) is 7.58. The van der Waals surface area contributed by atoms with Gasteiger partial charge >= 0.3 is 12.1 Å². The topological polar surface area (TPSA) is 89.0 Å². The number of halogens is 4. The molecule has 0 spiro atoms. The monoisotopic (exact) mass is 462 g/mol. The quantitative estimate of drug-likeness (QED) is 0.675. The summed E-state index contributed by atoms with van der Waals surface area (Å²) in [6.07, 6.45) is 2.22. The number of nitrogens with zero attached hydrogens (tertiary/aromatic N) is 2. The molecule has 3 aliphatic rings. The third-order valence-corrected chi connectivity index (χ3v) is 5.96. The van der Waals surface area contributed by atoms with Crippen LogP contribution in [-0.4, -0.2) is 65.5 Å². The van der Waals surface area contributed by atoms with E-state index in [1.807, 2.05) is 4.90 Å². The van der Waals surface area contributed by atoms with Crippen molar-refractivity contribution in [1.29, 1.82) is 0 Å². The van der Waals surface area contributed by atoms with Crippen molar-refractivity contribution in [1.82, 2.24) is 9.88 Å². The second-order valence-electron chi connectivity index (χ2n) is 8.46. The lowest BCUT2D eigenvalue weighted by atomic mass is 9.73. The molecule has 1 saturated carbocycles. The number of carbonyl (C=O) groups is 2. The fourth-order valence-corrected chi connectivity index (χ4v) is 4.10. The Labute approximate surface area is 182 Å². The van der Waals surface area contributed by atoms with Crippen LogP contribution in [0.4, 0.5) is 17.6 Å². The molecule has 4 rings (SSSR count). The smallest absolute Gasteiger partial charge is 0.475 e. The van der Waals surface area contributed by atoms with E-state index in [1.165, 1.54) is 25.1 Å². The van der Waals surface area contributed by atoms with Crippen molar-refractivity contribution in [3.63, 3.8) is 0 Å². The van der Waals surface area contributed by atoms with E-state index in [1.54, 1.807) is 6.07 Å². The lowest BCUT2D eigenvalue weighted by Gasteiger charge is -2.50. The summed E-state index contributed by atoms with van der Waals surface area (Å²) in [5.41, 5.74) is -0.264. The van der Waals surface area contributed by atoms with Gasteiger partial charge in [0.2, 0.25) is 11.8 Å². The van der Waals surface area contributed by atoms with Gasteiger partial charge in [0.1, 0.15) is 0 Å². The number of piperidine rings is 1. The maximum atomic E-state index is 13.8. The predicted molar refractivity (Wildman–Crippen MR) is 103 cm³/mol. The second kappa shape index (κ2) is 10.0. The second-order valence-corrected chi connectivity index (χ2v) is 8.46. The molecule has 3 fully saturated rings. The van der Waals surface area contributed by atoms with Crippen LogP contribution in [-0.2, 0) is 14.3 Å². The largest absolute Gasteiger partial charge is 0.490 e. The number of alkyl halides is 3. The van der Waals surface area contributed by atoms with Gasteiger partial charge in [-0.1, -0.05) is 0 Å². The first-order chi connectivity index (χ1) is 15.1. The van der Waals surface area contributed by atoms with Gasteiger partial charge in [-0.2, -0.15) is 13.2 Å². The third-order valence-electron chi connectivity index (χ3n) is 5.96. The number of carboxylic acid groups (broad SMARTS) is 1. The number of likely N-dealkylation sites (tertiary alicyclic amines) is 1. The number of carboxylic acids is 1. The highest BCUT2D eigenvalue weighted by Gasteiger charge is 2.48. The number of hydrogen-bond acceptors (Lipinski definition) is 5. The van der Waals surface area contributed by atoms with Crippen LogP contribution < -0.4 is 4.74 Å². The molecule has 1 aromatic heterocycles. The molecule has 2 saturated heterocycles. The first-order valence-corrected chi connectivity index (χ1v) is 10.5. The van der Waals surface area contributed by atoms with E-state index in [4.69, 9.17) is 19.4 Å². The van der Waals surface area contributed by atoms with Crippen molar-refractivity contribution in [3.05, 3.63) is 24.1 Å². The molecule has 11 heteroatoms. The maximum Gasteiger partial charge on any atom is 0.490 e. The maximum absolute atomic E-state index is 13.8. The number of carbonyl (C=O) groups excluding carboxylic acids is 1. The van der Waals surface area contributed by atoms with Crippen LogP contribution >= 0.6 is 0 Å². The van der Waals surface area contributed by atoms with E-state index in [0.717, 1.165) is 32.4 Å². The summed E-state index contributed by atoms with van der Waals surface area (Å²) in [7, 11) is 0. The van der Waals surface area contributed by atoms with Crippen LogP contribution in [0, 0.1) is 17.2 Å². The first-order valence-electron chi connectivity index (χ1n) is 10.5. The van der Waals surface area contributed by atoms with Crippen LogP contribution in [0.15, 0.2) is 18.3 Å². The summed E-state index contributed by atoms with van der Waals surface area (Å²) in [6, 6.07) is 2.90. The fraction of sp³-hybridized carbons (Fsp3) is 0.667. The van der Waals surface area contributed by atoms with Crippen LogP contribution in [0.5, 0.6) is 5.88 Å². The molecule has 2 aliphatic heterocycles. The zero-order valence-corrected chi connectivity index (χ0v) is 17.4. The Morgan fingerprint density at radius 2 is 2.03 bits per heavy atom. The standard InChI is InChI=1S/C19H25FN2O3.C2HF3O2/c20-15-3-1-8-21-18(15)25-13-19-7-2-10-24-16(19)6-9-22(12-19)17(23)11-14-4-5-14;3-2(4,5)1(6)7/h1,3,8,14,16H,2,4-7,9-13H2;(H,6,7). The van der Waals surface area contributed by atoms with Gasteiger partial charge in [-0.15, -0.1) is 0 Å². The minimum atomic E-state index is -5.08. The molecular formula is C21H26F4N2O5. The van der Waals surface area contributed by atoms with Crippen LogP contribution in [0.2, 0.25) is 0 Å². The van der Waals surface area contributed by atoms with Crippen molar-refractivity contribution >= 4 is 11.9 Å². The third kappa shape index (κ3) is 6.30. The molecule has 1 aliphatic carbocycles. The molecule has 32 heavy (non-hydrogen) atoms. The molecule has 178 valence electrons. The lowest BCUT2D eigenvalue weighted by Crippen LogP contribution is -2.58. The van der Waals surface area contributed by atoms with Gasteiger partial charge in [0.25, 0.3) is 0 Å². The summed E-state index contributed by atoms with van der Waals surface area (Å²) in [6.45, 7) is 2.47. The summed E-state index contributed by atoms with van der Waals surface area (Å²) in [5.74, 6) is -2.35. The summed E-state index contributed by atoms with van der Waals surface area (Å²) < 4.78 is 57.3. The van der Waals surface area contributed by atoms with Gasteiger partial charge in [-0.05, 0) is 50.2 Å². The molecule has 1 N–H and O–H groups in total. The van der Waals surface area contributed by atoms with E-state index in [9.17, 15) is 22.4 Å². The fourth-order valence-electron chi connectivity index (χ4n) is 4.10. The van der Waals surface area contributed by atoms with E-state index >= 15 is 0 Å². The van der Waals surface area contributed by atoms with Gasteiger partial charge < -0.3 is 19.5 Å². The Morgan fingerprint density at radius 1 is 1.31 bits per heavy atom. The average molecular weight is 462 g/mol. The molecule has 3 heterocycles. The minimum Gasteiger partial charge on any atom is -0.475 e. The van der Waals surface area contributed by atoms with Gasteiger partial charge in [0.05, 0.1) is 12.7 Å². The van der Waals surface area contributed by atoms with Crippen LogP contribution in [0.3, 0.4) is 0 Å². The van der Waals surface area contributed by atoms with Crippen molar-refractivity contribution in [2.24, 2.45) is 11.3 Å². The Balaban J connectivity index is 0.000000360. The van der Waals surface area contributed by atoms with Gasteiger partial charge in [-0.25, -0.2) is 14.2 Å². The highest BCUT2D eigenvalue weighted by molar-refractivity contribution is 5.77. The molecule has 7 nitrogen and oxygen atoms in total. The predicted octanol–water partition coefficient (Wildman–Crippen LogP) is 3.43. The zero-order valence-electron chi connectivity index (χ0n) is 17.4. The van der Waals surface area contributed by atoms with E-state index in [-0.39, 0.29) is 23.3 Å². The normalized spacial score (nSPS) is 25.2. The number of fused-ring (bicyclic) bond motifs is 1. The van der Waals surface area contributed by atoms with Gasteiger partial charge in [-0.3, -0.25) is 4.79 Å². The number of amides is 1. The van der Waals surface area contributed by atoms with E-state index in [0.29, 0.717) is 25.5 Å². The highest BCUT2D eigenvalue weighted by Crippen LogP contribution is 2.41. The van der Waals surface area contributed by atoms with Crippen LogP contribution in [0.25, 0.3) is 0 Å². The van der Waals surface area contributed by atoms with Crippen molar-refractivity contribution in [2.45, 2.75) is 50.8 Å². The molecule has 1 aromatic rings. The summed E-state index contributed by atoms with van der Waals surface area (Å²) in [4.78, 5) is 27.4. The molecule has 1 amide bonds. The number of aliphatic carboxylic acids is 1. The minimum absolute atomic E-state index is 0.0302. The molecule has 2 unspecified atom stereocenters. The van der Waals surface area contributed by atoms with Crippen molar-refractivity contribution < 1.29 is 41.7 Å². The van der Waals surface area contributed by atoms with Gasteiger partial charge in [0.15, 0.2) is 5.82 Å². The lowest BCUT2D eigenvalue weighted by molar-refractivity contribution is -0.192. The number of ether oxygens (including phenoxy) is 2. The zero-order chi connectivity index (χ0) is 23.4. The molecule has 0 radical (unpaired) electrons. The molecule has 0 bridgehead atoms. The number of pyridine rings is 1. The Hall–Kier alpha value is -2.43. The van der Waals surface area contributed by atoms with Crippen molar-refractivity contribution in [2.75, 3.05) is 26.3 Å². The van der Waals surface area contributed by atoms with E-state index < -0.39 is 18.0 Å². The highest BCUT2D eigenvalue weighted by atomic mass is 19.4. The van der Waals surface area contributed by atoms with E-state index in [2.05, 4.69) is 4.98 Å². The van der Waals surface area contributed by atoms with Gasteiger partial charge in [0, 0.05) is 37.7 Å². The summed E-state index contributed by atoms with van der Waals surface area (Å²) in [5, 5.41) is 7.12. The summed E-state index contributed by atoms with van der Waals surface area (Å²) >= 11 is 0. The number of aromatic nitrogens is 1. The SMILES string of the molecule is O=C(CC1CC1)N1CCC2OCCCC2(COc2ncccc2F)C1.O=C(O)C(F)(F)F.